The van der Waals surface area contributed by atoms with Gasteiger partial charge in [-0.2, -0.15) is 0 Å². The number of amides is 2. The molecule has 0 aromatic carbocycles. The average Bonchev–Trinajstić information content (AvgIpc) is 3.59. The number of halogens is 1. The van der Waals surface area contributed by atoms with Gasteiger partial charge in [-0.1, -0.05) is 11.6 Å². The Kier molecular flexibility index (Phi) is 7.71. The van der Waals surface area contributed by atoms with Crippen LogP contribution in [0.2, 0.25) is 5.15 Å². The topological polar surface area (TPSA) is 151 Å². The summed E-state index contributed by atoms with van der Waals surface area (Å²) in [5, 5.41) is 18.0. The van der Waals surface area contributed by atoms with Crippen molar-refractivity contribution in [3.63, 3.8) is 0 Å². The van der Waals surface area contributed by atoms with Crippen LogP contribution >= 0.6 is 11.6 Å². The lowest BCUT2D eigenvalue weighted by Crippen LogP contribution is -2.40. The Labute approximate surface area is 219 Å². The summed E-state index contributed by atoms with van der Waals surface area (Å²) in [5.41, 5.74) is 7.79. The largest absolute Gasteiger partial charge is 0.379 e. The summed E-state index contributed by atoms with van der Waals surface area (Å²) < 4.78 is 1.58. The summed E-state index contributed by atoms with van der Waals surface area (Å²) in [4.78, 5) is 33.6. The predicted octanol–water partition coefficient (Wildman–Crippen LogP) is 3.18. The number of fused-ring (bicyclic) bond motifs is 1. The van der Waals surface area contributed by atoms with Crippen molar-refractivity contribution in [2.75, 3.05) is 22.5 Å². The summed E-state index contributed by atoms with van der Waals surface area (Å²) in [6, 6.07) is 6.04. The van der Waals surface area contributed by atoms with E-state index < -0.39 is 0 Å². The van der Waals surface area contributed by atoms with E-state index in [0.29, 0.717) is 53.4 Å². The zero-order chi connectivity index (χ0) is 25.8. The third-order valence-electron chi connectivity index (χ3n) is 6.67. The number of anilines is 3. The molecule has 0 spiro atoms. The number of carbonyl (C=O) groups excluding carboxylic acids is 2. The van der Waals surface area contributed by atoms with Crippen LogP contribution in [0.5, 0.6) is 0 Å². The lowest BCUT2D eigenvalue weighted by atomic mass is 9.91. The smallest absolute Gasteiger partial charge is 0.276 e. The van der Waals surface area contributed by atoms with E-state index in [2.05, 4.69) is 31.2 Å². The minimum absolute atomic E-state index is 0.0738. The number of nitrogens with two attached hydrogens (primary N) is 1. The number of hydrogen-bond donors (Lipinski definition) is 5. The summed E-state index contributed by atoms with van der Waals surface area (Å²) in [6.45, 7) is 0.525. The maximum absolute atomic E-state index is 13.1. The van der Waals surface area contributed by atoms with Gasteiger partial charge in [0, 0.05) is 42.5 Å². The molecule has 0 bridgehead atoms. The van der Waals surface area contributed by atoms with E-state index in [-0.39, 0.29) is 23.9 Å². The maximum Gasteiger partial charge on any atom is 0.276 e. The maximum atomic E-state index is 13.1. The fraction of sp³-hybridized carbons (Fsp3) is 0.480. The van der Waals surface area contributed by atoms with Gasteiger partial charge in [-0.15, -0.1) is 5.10 Å². The molecule has 12 heteroatoms. The highest BCUT2D eigenvalue weighted by molar-refractivity contribution is 6.29. The number of nitrogens with zero attached hydrogens (tertiary/aromatic N) is 4. The van der Waals surface area contributed by atoms with Gasteiger partial charge in [-0.25, -0.2) is 14.5 Å². The van der Waals surface area contributed by atoms with E-state index in [4.69, 9.17) is 22.4 Å². The Hall–Kier alpha value is -3.44. The number of hydrogen-bond acceptors (Lipinski definition) is 8. The zero-order valence-electron chi connectivity index (χ0n) is 20.5. The van der Waals surface area contributed by atoms with Crippen LogP contribution in [0.25, 0.3) is 5.65 Å². The van der Waals surface area contributed by atoms with Gasteiger partial charge in [0.25, 0.3) is 5.91 Å². The SMILES string of the molecule is NCCCC(=O)NC1CCC(Nc2cc(NC3CC3)c3ncc(C(=O)Nc4ccnc(Cl)c4)n3n2)CC1. The second-order valence-corrected chi connectivity index (χ2v) is 10.1. The highest BCUT2D eigenvalue weighted by Gasteiger charge is 2.26. The molecule has 2 saturated carbocycles. The van der Waals surface area contributed by atoms with Crippen LogP contribution in [0.15, 0.2) is 30.6 Å². The fourth-order valence-corrected chi connectivity index (χ4v) is 4.75. The van der Waals surface area contributed by atoms with Crippen molar-refractivity contribution in [3.05, 3.63) is 41.4 Å². The predicted molar refractivity (Wildman–Crippen MR) is 143 cm³/mol. The number of nitrogens with one attached hydrogen (secondary N) is 4. The lowest BCUT2D eigenvalue weighted by Gasteiger charge is -2.30. The van der Waals surface area contributed by atoms with Crippen LogP contribution in [-0.4, -0.2) is 56.1 Å². The Balaban J connectivity index is 1.30. The zero-order valence-corrected chi connectivity index (χ0v) is 21.3. The van der Waals surface area contributed by atoms with Gasteiger partial charge in [0.2, 0.25) is 5.91 Å². The first-order chi connectivity index (χ1) is 18.0. The van der Waals surface area contributed by atoms with Gasteiger partial charge in [-0.05, 0) is 63.6 Å². The lowest BCUT2D eigenvalue weighted by molar-refractivity contribution is -0.122. The molecule has 3 aromatic rings. The van der Waals surface area contributed by atoms with E-state index in [9.17, 15) is 9.59 Å². The van der Waals surface area contributed by atoms with Crippen LogP contribution in [0.3, 0.4) is 0 Å². The van der Waals surface area contributed by atoms with E-state index >= 15 is 0 Å². The second-order valence-electron chi connectivity index (χ2n) is 9.71. The van der Waals surface area contributed by atoms with Crippen LogP contribution < -0.4 is 27.0 Å². The van der Waals surface area contributed by atoms with E-state index in [1.165, 1.54) is 12.4 Å². The normalized spacial score (nSPS) is 19.4. The van der Waals surface area contributed by atoms with Crippen LogP contribution in [0.1, 0.15) is 61.9 Å². The van der Waals surface area contributed by atoms with Crippen molar-refractivity contribution in [1.82, 2.24) is 24.9 Å². The molecule has 6 N–H and O–H groups in total. The molecule has 37 heavy (non-hydrogen) atoms. The van der Waals surface area contributed by atoms with Gasteiger partial charge in [-0.3, -0.25) is 9.59 Å². The average molecular weight is 526 g/mol. The molecule has 0 saturated heterocycles. The van der Waals surface area contributed by atoms with Gasteiger partial charge in [0.15, 0.2) is 11.3 Å². The molecule has 5 rings (SSSR count). The number of imidazole rings is 1. The van der Waals surface area contributed by atoms with Crippen molar-refractivity contribution >= 4 is 46.3 Å². The van der Waals surface area contributed by atoms with Crippen molar-refractivity contribution in [1.29, 1.82) is 0 Å². The number of pyridine rings is 1. The Morgan fingerprint density at radius 1 is 1.03 bits per heavy atom. The van der Waals surface area contributed by atoms with Crippen molar-refractivity contribution < 1.29 is 9.59 Å². The summed E-state index contributed by atoms with van der Waals surface area (Å²) in [5.74, 6) is 0.400. The molecule has 11 nitrogen and oxygen atoms in total. The van der Waals surface area contributed by atoms with Gasteiger partial charge in [0.05, 0.1) is 11.9 Å². The molecule has 2 aliphatic rings. The molecule has 196 valence electrons. The molecular weight excluding hydrogens is 494 g/mol. The summed E-state index contributed by atoms with van der Waals surface area (Å²) in [7, 11) is 0. The molecule has 0 unspecified atom stereocenters. The third-order valence-corrected chi connectivity index (χ3v) is 6.88. The van der Waals surface area contributed by atoms with E-state index in [0.717, 1.165) is 44.2 Å². The molecular formula is C25H32ClN9O2. The molecule has 2 aliphatic carbocycles. The number of rotatable bonds is 10. The van der Waals surface area contributed by atoms with E-state index in [1.807, 2.05) is 6.07 Å². The Morgan fingerprint density at radius 3 is 2.49 bits per heavy atom. The summed E-state index contributed by atoms with van der Waals surface area (Å²) in [6.07, 6.45) is 10.1. The van der Waals surface area contributed by atoms with Gasteiger partial charge < -0.3 is 27.0 Å². The second kappa shape index (κ2) is 11.3. The fourth-order valence-electron chi connectivity index (χ4n) is 4.58. The van der Waals surface area contributed by atoms with Crippen LogP contribution in [0, 0.1) is 0 Å². The van der Waals surface area contributed by atoms with E-state index in [1.54, 1.807) is 16.6 Å². The first kappa shape index (κ1) is 25.2. The molecule has 0 atom stereocenters. The Bertz CT molecular complexity index is 1270. The first-order valence-electron chi connectivity index (χ1n) is 12.8. The first-order valence-corrected chi connectivity index (χ1v) is 13.2. The standard InChI is InChI=1S/C25H32ClN9O2/c26-21-12-18(9-11-28-21)33-25(37)20-14-29-24-19(30-15-3-4-15)13-22(34-35(20)24)31-16-5-7-17(8-6-16)32-23(36)2-1-10-27/h9,11-17,30H,1-8,10,27H2,(H,31,34)(H,32,36)(H,28,33,37). The van der Waals surface area contributed by atoms with Crippen molar-refractivity contribution in [3.8, 4) is 0 Å². The van der Waals surface area contributed by atoms with Crippen molar-refractivity contribution in [2.45, 2.75) is 69.5 Å². The molecule has 0 radical (unpaired) electrons. The number of aromatic nitrogens is 4. The molecule has 2 amide bonds. The molecule has 3 heterocycles. The Morgan fingerprint density at radius 2 is 1.76 bits per heavy atom. The minimum Gasteiger partial charge on any atom is -0.379 e. The monoisotopic (exact) mass is 525 g/mol. The van der Waals surface area contributed by atoms with Gasteiger partial charge >= 0.3 is 0 Å². The summed E-state index contributed by atoms with van der Waals surface area (Å²) >= 11 is 5.96. The van der Waals surface area contributed by atoms with Crippen LogP contribution in [0.4, 0.5) is 17.2 Å². The molecule has 0 aliphatic heterocycles. The van der Waals surface area contributed by atoms with Crippen molar-refractivity contribution in [2.24, 2.45) is 5.73 Å². The van der Waals surface area contributed by atoms with Crippen LogP contribution in [-0.2, 0) is 4.79 Å². The third kappa shape index (κ3) is 6.47. The number of carbonyl (C=O) groups is 2. The highest BCUT2D eigenvalue weighted by atomic mass is 35.5. The molecule has 2 fully saturated rings. The minimum atomic E-state index is -0.345. The molecule has 3 aromatic heterocycles. The van der Waals surface area contributed by atoms with Gasteiger partial charge in [0.1, 0.15) is 11.0 Å². The quantitative estimate of drug-likeness (QED) is 0.253. The highest BCUT2D eigenvalue weighted by Crippen LogP contribution is 2.30.